The highest BCUT2D eigenvalue weighted by Gasteiger charge is 2.20. The van der Waals surface area contributed by atoms with Gasteiger partial charge in [-0.3, -0.25) is 14.9 Å². The van der Waals surface area contributed by atoms with Gasteiger partial charge in [0.2, 0.25) is 0 Å². The molecule has 144 valence electrons. The van der Waals surface area contributed by atoms with Crippen molar-refractivity contribution < 1.29 is 9.72 Å². The van der Waals surface area contributed by atoms with Crippen LogP contribution in [0.1, 0.15) is 16.2 Å². The topological polar surface area (TPSA) is 106 Å². The first-order valence-corrected chi connectivity index (χ1v) is 8.61. The SMILES string of the molecule is Cc1c(C(=O)Nc2cc(Cl)ccc2N(C)C)nnn1-c1cccc([N+](=O)[O-])c1. The van der Waals surface area contributed by atoms with Crippen LogP contribution in [0.15, 0.2) is 42.5 Å². The molecule has 0 aliphatic carbocycles. The number of hydrogen-bond donors (Lipinski definition) is 1. The minimum atomic E-state index is -0.495. The molecular weight excluding hydrogens is 384 g/mol. The molecule has 3 rings (SSSR count). The van der Waals surface area contributed by atoms with Crippen LogP contribution in [0.5, 0.6) is 0 Å². The highest BCUT2D eigenvalue weighted by molar-refractivity contribution is 6.31. The highest BCUT2D eigenvalue weighted by atomic mass is 35.5. The van der Waals surface area contributed by atoms with Gasteiger partial charge in [-0.25, -0.2) is 4.68 Å². The van der Waals surface area contributed by atoms with Gasteiger partial charge in [0, 0.05) is 31.3 Å². The van der Waals surface area contributed by atoms with Gasteiger partial charge in [-0.2, -0.15) is 0 Å². The summed E-state index contributed by atoms with van der Waals surface area (Å²) < 4.78 is 1.38. The first-order chi connectivity index (χ1) is 13.3. The van der Waals surface area contributed by atoms with Gasteiger partial charge in [0.25, 0.3) is 11.6 Å². The van der Waals surface area contributed by atoms with Crippen molar-refractivity contribution in [3.8, 4) is 5.69 Å². The van der Waals surface area contributed by atoms with E-state index in [2.05, 4.69) is 15.6 Å². The van der Waals surface area contributed by atoms with E-state index in [-0.39, 0.29) is 11.4 Å². The van der Waals surface area contributed by atoms with Crippen LogP contribution in [0.3, 0.4) is 0 Å². The van der Waals surface area contributed by atoms with Crippen molar-refractivity contribution in [1.29, 1.82) is 0 Å². The van der Waals surface area contributed by atoms with Crippen LogP contribution >= 0.6 is 11.6 Å². The highest BCUT2D eigenvalue weighted by Crippen LogP contribution is 2.28. The minimum absolute atomic E-state index is 0.0760. The van der Waals surface area contributed by atoms with Crippen LogP contribution in [-0.2, 0) is 0 Å². The van der Waals surface area contributed by atoms with Crippen molar-refractivity contribution in [3.05, 3.63) is 69.0 Å². The van der Waals surface area contributed by atoms with E-state index < -0.39 is 10.8 Å². The molecule has 0 saturated carbocycles. The molecule has 0 aliphatic heterocycles. The second kappa shape index (κ2) is 7.65. The van der Waals surface area contributed by atoms with Gasteiger partial charge in [0.1, 0.15) is 0 Å². The van der Waals surface area contributed by atoms with E-state index in [1.165, 1.54) is 16.8 Å². The maximum absolute atomic E-state index is 12.7. The number of aromatic nitrogens is 3. The molecule has 0 bridgehead atoms. The second-order valence-electron chi connectivity index (χ2n) is 6.22. The number of nitrogens with one attached hydrogen (secondary N) is 1. The Morgan fingerprint density at radius 2 is 2.00 bits per heavy atom. The fourth-order valence-corrected chi connectivity index (χ4v) is 2.87. The maximum Gasteiger partial charge on any atom is 0.278 e. The van der Waals surface area contributed by atoms with Gasteiger partial charge in [0.05, 0.1) is 27.7 Å². The summed E-state index contributed by atoms with van der Waals surface area (Å²) in [6.45, 7) is 1.67. The largest absolute Gasteiger partial charge is 0.376 e. The molecule has 1 N–H and O–H groups in total. The van der Waals surface area contributed by atoms with Gasteiger partial charge in [-0.05, 0) is 31.2 Å². The molecule has 0 atom stereocenters. The molecule has 28 heavy (non-hydrogen) atoms. The van der Waals surface area contributed by atoms with Crippen molar-refractivity contribution in [2.75, 3.05) is 24.3 Å². The van der Waals surface area contributed by atoms with Crippen molar-refractivity contribution in [2.45, 2.75) is 6.92 Å². The van der Waals surface area contributed by atoms with Crippen molar-refractivity contribution in [2.24, 2.45) is 0 Å². The van der Waals surface area contributed by atoms with Crippen molar-refractivity contribution in [3.63, 3.8) is 0 Å². The molecular formula is C18H17ClN6O3. The lowest BCUT2D eigenvalue weighted by molar-refractivity contribution is -0.384. The quantitative estimate of drug-likeness (QED) is 0.519. The van der Waals surface area contributed by atoms with Gasteiger partial charge >= 0.3 is 0 Å². The van der Waals surface area contributed by atoms with E-state index in [1.54, 1.807) is 37.3 Å². The number of non-ortho nitro benzene ring substituents is 1. The monoisotopic (exact) mass is 400 g/mol. The third kappa shape index (κ3) is 3.79. The predicted molar refractivity (Wildman–Crippen MR) is 106 cm³/mol. The van der Waals surface area contributed by atoms with Gasteiger partial charge < -0.3 is 10.2 Å². The molecule has 0 spiro atoms. The Balaban J connectivity index is 1.92. The number of amides is 1. The van der Waals surface area contributed by atoms with Gasteiger partial charge in [-0.1, -0.05) is 22.9 Å². The summed E-state index contributed by atoms with van der Waals surface area (Å²) >= 11 is 6.05. The zero-order valence-corrected chi connectivity index (χ0v) is 16.1. The number of rotatable bonds is 5. The Bertz CT molecular complexity index is 1060. The van der Waals surface area contributed by atoms with Crippen molar-refractivity contribution >= 4 is 34.6 Å². The average Bonchev–Trinajstić information content (AvgIpc) is 3.03. The maximum atomic E-state index is 12.7. The molecule has 0 radical (unpaired) electrons. The zero-order chi connectivity index (χ0) is 20.4. The van der Waals surface area contributed by atoms with Crippen LogP contribution in [-0.4, -0.2) is 39.9 Å². The Morgan fingerprint density at radius 3 is 2.68 bits per heavy atom. The number of hydrogen-bond acceptors (Lipinski definition) is 6. The number of nitrogens with zero attached hydrogens (tertiary/aromatic N) is 5. The van der Waals surface area contributed by atoms with Crippen LogP contribution in [0, 0.1) is 17.0 Å². The minimum Gasteiger partial charge on any atom is -0.376 e. The van der Waals surface area contributed by atoms with E-state index >= 15 is 0 Å². The number of carbonyl (C=O) groups excluding carboxylic acids is 1. The summed E-state index contributed by atoms with van der Waals surface area (Å²) in [6, 6.07) is 11.1. The number of benzene rings is 2. The summed E-state index contributed by atoms with van der Waals surface area (Å²) in [5.41, 5.74) is 2.24. The van der Waals surface area contributed by atoms with Crippen LogP contribution in [0.2, 0.25) is 5.02 Å². The zero-order valence-electron chi connectivity index (χ0n) is 15.4. The normalized spacial score (nSPS) is 10.6. The molecule has 1 heterocycles. The molecule has 1 aromatic heterocycles. The molecule has 3 aromatic rings. The lowest BCUT2D eigenvalue weighted by Crippen LogP contribution is -2.18. The van der Waals surface area contributed by atoms with E-state index in [0.717, 1.165) is 5.69 Å². The molecule has 9 nitrogen and oxygen atoms in total. The third-order valence-electron chi connectivity index (χ3n) is 4.08. The molecule has 10 heteroatoms. The van der Waals surface area contributed by atoms with E-state index in [0.29, 0.717) is 22.1 Å². The third-order valence-corrected chi connectivity index (χ3v) is 4.32. The molecule has 0 fully saturated rings. The number of halogens is 1. The number of anilines is 2. The van der Waals surface area contributed by atoms with E-state index in [9.17, 15) is 14.9 Å². The first-order valence-electron chi connectivity index (χ1n) is 8.23. The number of carbonyl (C=O) groups is 1. The molecule has 0 saturated heterocycles. The Labute approximate surface area is 165 Å². The van der Waals surface area contributed by atoms with Crippen LogP contribution in [0.4, 0.5) is 17.1 Å². The van der Waals surface area contributed by atoms with Gasteiger partial charge in [0.15, 0.2) is 5.69 Å². The summed E-state index contributed by atoms with van der Waals surface area (Å²) in [5.74, 6) is -0.459. The summed E-state index contributed by atoms with van der Waals surface area (Å²) in [5, 5.41) is 22.2. The van der Waals surface area contributed by atoms with E-state index in [1.807, 2.05) is 19.0 Å². The summed E-state index contributed by atoms with van der Waals surface area (Å²) in [6.07, 6.45) is 0. The summed E-state index contributed by atoms with van der Waals surface area (Å²) in [4.78, 5) is 25.1. The average molecular weight is 401 g/mol. The fraction of sp³-hybridized carbons (Fsp3) is 0.167. The Morgan fingerprint density at radius 1 is 1.25 bits per heavy atom. The van der Waals surface area contributed by atoms with Crippen LogP contribution < -0.4 is 10.2 Å². The van der Waals surface area contributed by atoms with Gasteiger partial charge in [-0.15, -0.1) is 5.10 Å². The molecule has 1 amide bonds. The first kappa shape index (κ1) is 19.3. The second-order valence-corrected chi connectivity index (χ2v) is 6.66. The smallest absolute Gasteiger partial charge is 0.278 e. The summed E-state index contributed by atoms with van der Waals surface area (Å²) in [7, 11) is 3.70. The lowest BCUT2D eigenvalue weighted by Gasteiger charge is -2.18. The molecule has 0 aliphatic rings. The molecule has 2 aromatic carbocycles. The number of nitro benzene ring substituents is 1. The van der Waals surface area contributed by atoms with E-state index in [4.69, 9.17) is 11.6 Å². The molecule has 0 unspecified atom stereocenters. The van der Waals surface area contributed by atoms with Crippen molar-refractivity contribution in [1.82, 2.24) is 15.0 Å². The number of nitro groups is 1. The Kier molecular flexibility index (Phi) is 5.27. The standard InChI is InChI=1S/C18H17ClN6O3/c1-11-17(18(26)20-15-9-12(19)7-8-16(15)23(2)3)21-22-24(11)13-5-4-6-14(10-13)25(27)28/h4-10H,1-3H3,(H,20,26). The lowest BCUT2D eigenvalue weighted by atomic mass is 10.2. The fourth-order valence-electron chi connectivity index (χ4n) is 2.70. The Hall–Kier alpha value is -3.46. The van der Waals surface area contributed by atoms with Crippen LogP contribution in [0.25, 0.3) is 5.69 Å². The predicted octanol–water partition coefficient (Wildman–Crippen LogP) is 3.46.